The van der Waals surface area contributed by atoms with Gasteiger partial charge in [-0.3, -0.25) is 19.2 Å². The molecule has 4 amide bonds. The van der Waals surface area contributed by atoms with Gasteiger partial charge in [-0.1, -0.05) is 0 Å². The topological polar surface area (TPSA) is 240 Å². The van der Waals surface area contributed by atoms with Crippen LogP contribution in [0, 0.1) is 0 Å². The number of unbranched alkanes of at least 4 members (excludes halogenated alkanes) is 1. The van der Waals surface area contributed by atoms with Crippen LogP contribution in [0.2, 0.25) is 0 Å². The van der Waals surface area contributed by atoms with Gasteiger partial charge in [0.15, 0.2) is 0 Å². The van der Waals surface area contributed by atoms with Crippen molar-refractivity contribution in [3.05, 3.63) is 0 Å². The molecule has 13 heteroatoms. The highest BCUT2D eigenvalue weighted by molar-refractivity contribution is 5.94. The van der Waals surface area contributed by atoms with Crippen molar-refractivity contribution in [1.29, 1.82) is 0 Å². The molecule has 3 unspecified atom stereocenters. The highest BCUT2D eigenvalue weighted by atomic mass is 16.4. The molecule has 0 aliphatic carbocycles. The Morgan fingerprint density at radius 3 is 1.89 bits per heavy atom. The first-order valence-corrected chi connectivity index (χ1v) is 8.58. The van der Waals surface area contributed by atoms with Gasteiger partial charge in [-0.05, 0) is 25.8 Å². The molecule has 0 spiro atoms. The van der Waals surface area contributed by atoms with Crippen molar-refractivity contribution < 1.29 is 34.2 Å². The van der Waals surface area contributed by atoms with E-state index >= 15 is 0 Å². The molecule has 160 valence electrons. The molecule has 0 aromatic heterocycles. The number of primary amides is 1. The Labute approximate surface area is 161 Å². The molecule has 0 heterocycles. The minimum absolute atomic E-state index is 0.216. The van der Waals surface area contributed by atoms with Gasteiger partial charge in [-0.15, -0.1) is 0 Å². The average Bonchev–Trinajstić information content (AvgIpc) is 2.63. The number of carbonyl (C=O) groups excluding carboxylic acids is 4. The molecule has 0 aromatic rings. The summed E-state index contributed by atoms with van der Waals surface area (Å²) >= 11 is 0. The van der Waals surface area contributed by atoms with Crippen molar-refractivity contribution in [2.24, 2.45) is 17.2 Å². The van der Waals surface area contributed by atoms with Crippen LogP contribution in [-0.2, 0) is 24.0 Å². The summed E-state index contributed by atoms with van der Waals surface area (Å²) in [5.74, 6) is -4.86. The summed E-state index contributed by atoms with van der Waals surface area (Å²) < 4.78 is 0. The first-order chi connectivity index (χ1) is 13.2. The number of aliphatic hydroxyl groups is 1. The van der Waals surface area contributed by atoms with Crippen LogP contribution in [0.5, 0.6) is 0 Å². The van der Waals surface area contributed by atoms with Gasteiger partial charge in [0.25, 0.3) is 0 Å². The number of aliphatic hydroxyl groups excluding tert-OH is 1. The van der Waals surface area contributed by atoms with Crippen molar-refractivity contribution in [3.63, 3.8) is 0 Å². The summed E-state index contributed by atoms with van der Waals surface area (Å²) in [5, 5.41) is 25.0. The molecule has 0 saturated carbocycles. The lowest BCUT2D eigenvalue weighted by Crippen LogP contribution is -2.57. The van der Waals surface area contributed by atoms with Gasteiger partial charge in [0.1, 0.15) is 18.1 Å². The number of hydrogen-bond donors (Lipinski definition) is 8. The third kappa shape index (κ3) is 9.80. The Morgan fingerprint density at radius 1 is 0.857 bits per heavy atom. The molecule has 0 rings (SSSR count). The Morgan fingerprint density at radius 2 is 1.43 bits per heavy atom. The van der Waals surface area contributed by atoms with Crippen LogP contribution in [0.1, 0.15) is 25.7 Å². The maximum Gasteiger partial charge on any atom is 0.326 e. The molecule has 0 bridgehead atoms. The van der Waals surface area contributed by atoms with Gasteiger partial charge in [-0.25, -0.2) is 4.79 Å². The van der Waals surface area contributed by atoms with E-state index in [2.05, 4.69) is 10.6 Å². The van der Waals surface area contributed by atoms with Crippen molar-refractivity contribution in [2.45, 2.75) is 43.8 Å². The summed E-state index contributed by atoms with van der Waals surface area (Å²) in [6.07, 6.45) is 0.657. The monoisotopic (exact) mass is 404 g/mol. The second-order valence-corrected chi connectivity index (χ2v) is 5.92. The first-order valence-electron chi connectivity index (χ1n) is 8.58. The zero-order chi connectivity index (χ0) is 21.7. The van der Waals surface area contributed by atoms with Crippen molar-refractivity contribution >= 4 is 29.6 Å². The number of aliphatic carboxylic acids is 1. The standard InChI is InChI=1S/C15H28N6O7/c16-4-2-1-3-8(19-12(24)6-17)13(25)21-10(7-22)14(26)20-9(15(27)28)5-11(18)23/h8-10,22H,1-7,16-17H2,(H2,18,23)(H,19,24)(H,20,26)(H,21,25)(H,27,28). The molecule has 0 radical (unpaired) electrons. The van der Waals surface area contributed by atoms with Crippen LogP contribution in [0.3, 0.4) is 0 Å². The second kappa shape index (κ2) is 13.4. The lowest BCUT2D eigenvalue weighted by molar-refractivity contribution is -0.144. The third-order valence-electron chi connectivity index (χ3n) is 3.62. The molecule has 0 aliphatic rings. The number of rotatable bonds is 14. The summed E-state index contributed by atoms with van der Waals surface area (Å²) in [6.45, 7) is -0.809. The number of carboxylic acid groups (broad SMARTS) is 1. The fourth-order valence-electron chi connectivity index (χ4n) is 2.15. The van der Waals surface area contributed by atoms with E-state index in [1.54, 1.807) is 0 Å². The van der Waals surface area contributed by atoms with Crippen LogP contribution in [0.4, 0.5) is 0 Å². The smallest absolute Gasteiger partial charge is 0.326 e. The Hall–Kier alpha value is -2.77. The van der Waals surface area contributed by atoms with Crippen LogP contribution in [0.15, 0.2) is 0 Å². The lowest BCUT2D eigenvalue weighted by atomic mass is 10.1. The second-order valence-electron chi connectivity index (χ2n) is 5.92. The first kappa shape index (κ1) is 25.2. The number of carbonyl (C=O) groups is 5. The number of carboxylic acids is 1. The van der Waals surface area contributed by atoms with E-state index in [-0.39, 0.29) is 13.0 Å². The SMILES string of the molecule is NCCCCC(NC(=O)CN)C(=O)NC(CO)C(=O)NC(CC(N)=O)C(=O)O. The molecular formula is C15H28N6O7. The van der Waals surface area contributed by atoms with Gasteiger partial charge < -0.3 is 43.4 Å². The van der Waals surface area contributed by atoms with E-state index < -0.39 is 60.8 Å². The number of nitrogens with two attached hydrogens (primary N) is 3. The molecular weight excluding hydrogens is 376 g/mol. The summed E-state index contributed by atoms with van der Waals surface area (Å²) in [4.78, 5) is 58.0. The van der Waals surface area contributed by atoms with Gasteiger partial charge >= 0.3 is 5.97 Å². The Bertz CT molecular complexity index is 571. The van der Waals surface area contributed by atoms with E-state index in [0.717, 1.165) is 0 Å². The van der Waals surface area contributed by atoms with E-state index in [0.29, 0.717) is 19.4 Å². The van der Waals surface area contributed by atoms with Crippen molar-refractivity contribution in [1.82, 2.24) is 16.0 Å². The fraction of sp³-hybridized carbons (Fsp3) is 0.667. The largest absolute Gasteiger partial charge is 0.480 e. The van der Waals surface area contributed by atoms with Gasteiger partial charge in [0, 0.05) is 0 Å². The zero-order valence-electron chi connectivity index (χ0n) is 15.3. The molecule has 28 heavy (non-hydrogen) atoms. The maximum absolute atomic E-state index is 12.4. The predicted molar refractivity (Wildman–Crippen MR) is 96.3 cm³/mol. The van der Waals surface area contributed by atoms with Crippen molar-refractivity contribution in [2.75, 3.05) is 19.7 Å². The summed E-state index contributed by atoms with van der Waals surface area (Å²) in [5.41, 5.74) is 15.5. The van der Waals surface area contributed by atoms with Crippen LogP contribution < -0.4 is 33.2 Å². The van der Waals surface area contributed by atoms with Crippen molar-refractivity contribution in [3.8, 4) is 0 Å². The lowest BCUT2D eigenvalue weighted by Gasteiger charge is -2.23. The zero-order valence-corrected chi connectivity index (χ0v) is 15.3. The van der Waals surface area contributed by atoms with Gasteiger partial charge in [0.2, 0.25) is 23.6 Å². The molecule has 11 N–H and O–H groups in total. The van der Waals surface area contributed by atoms with E-state index in [9.17, 15) is 29.1 Å². The highest BCUT2D eigenvalue weighted by Gasteiger charge is 2.29. The molecule has 0 saturated heterocycles. The summed E-state index contributed by atoms with van der Waals surface area (Å²) in [7, 11) is 0. The van der Waals surface area contributed by atoms with Crippen LogP contribution in [0.25, 0.3) is 0 Å². The molecule has 0 aromatic carbocycles. The highest BCUT2D eigenvalue weighted by Crippen LogP contribution is 2.02. The fourth-order valence-corrected chi connectivity index (χ4v) is 2.15. The van der Waals surface area contributed by atoms with E-state index in [1.807, 2.05) is 5.32 Å². The van der Waals surface area contributed by atoms with Gasteiger partial charge in [-0.2, -0.15) is 0 Å². The van der Waals surface area contributed by atoms with Crippen LogP contribution >= 0.6 is 0 Å². The van der Waals surface area contributed by atoms with E-state index in [4.69, 9.17) is 22.3 Å². The third-order valence-corrected chi connectivity index (χ3v) is 3.62. The molecule has 3 atom stereocenters. The molecule has 0 fully saturated rings. The molecule has 0 aliphatic heterocycles. The maximum atomic E-state index is 12.4. The number of hydrogen-bond acceptors (Lipinski definition) is 8. The Balaban J connectivity index is 5.05. The molecule has 13 nitrogen and oxygen atoms in total. The van der Waals surface area contributed by atoms with E-state index in [1.165, 1.54) is 0 Å². The van der Waals surface area contributed by atoms with Gasteiger partial charge in [0.05, 0.1) is 19.6 Å². The number of amides is 4. The predicted octanol–water partition coefficient (Wildman–Crippen LogP) is -4.52. The Kier molecular flexibility index (Phi) is 12.1. The quantitative estimate of drug-likeness (QED) is 0.130. The number of nitrogens with one attached hydrogen (secondary N) is 3. The summed E-state index contributed by atoms with van der Waals surface area (Å²) in [6, 6.07) is -4.15. The minimum Gasteiger partial charge on any atom is -0.480 e. The minimum atomic E-state index is -1.62. The normalized spacial score (nSPS) is 13.7. The van der Waals surface area contributed by atoms with Crippen LogP contribution in [-0.4, -0.2) is 77.6 Å². The average molecular weight is 404 g/mol.